The summed E-state index contributed by atoms with van der Waals surface area (Å²) in [5, 5.41) is 12.0. The van der Waals surface area contributed by atoms with E-state index < -0.39 is 5.97 Å². The van der Waals surface area contributed by atoms with Crippen molar-refractivity contribution in [3.63, 3.8) is 0 Å². The molecule has 3 atom stereocenters. The highest BCUT2D eigenvalue weighted by molar-refractivity contribution is 5.87. The third-order valence-electron chi connectivity index (χ3n) is 4.30. The van der Waals surface area contributed by atoms with Crippen molar-refractivity contribution in [1.29, 1.82) is 0 Å². The summed E-state index contributed by atoms with van der Waals surface area (Å²) in [7, 11) is 0. The molecule has 0 heterocycles. The molecule has 4 heteroatoms. The normalized spacial score (nSPS) is 28.3. The SMILES string of the molecule is O=C(N[C@@H]1CC[C@H](C(=O)O)C1)C1Cc2ccccc21. The fourth-order valence-corrected chi connectivity index (χ4v) is 3.13. The molecule has 1 fully saturated rings. The van der Waals surface area contributed by atoms with E-state index in [1.54, 1.807) is 0 Å². The maximum absolute atomic E-state index is 12.2. The molecule has 100 valence electrons. The van der Waals surface area contributed by atoms with E-state index in [2.05, 4.69) is 11.4 Å². The van der Waals surface area contributed by atoms with E-state index in [0.29, 0.717) is 12.8 Å². The van der Waals surface area contributed by atoms with Gasteiger partial charge in [0.2, 0.25) is 5.91 Å². The molecule has 3 rings (SSSR count). The van der Waals surface area contributed by atoms with E-state index in [-0.39, 0.29) is 23.8 Å². The number of carbonyl (C=O) groups excluding carboxylic acids is 1. The van der Waals surface area contributed by atoms with Crippen LogP contribution in [0.3, 0.4) is 0 Å². The first kappa shape index (κ1) is 12.2. The number of amides is 1. The molecule has 2 aliphatic rings. The van der Waals surface area contributed by atoms with E-state index in [4.69, 9.17) is 5.11 Å². The average molecular weight is 259 g/mol. The summed E-state index contributed by atoms with van der Waals surface area (Å²) >= 11 is 0. The van der Waals surface area contributed by atoms with Gasteiger partial charge in [0.25, 0.3) is 0 Å². The molecule has 1 aromatic rings. The van der Waals surface area contributed by atoms with Gasteiger partial charge in [-0.15, -0.1) is 0 Å². The van der Waals surface area contributed by atoms with Crippen molar-refractivity contribution in [2.75, 3.05) is 0 Å². The zero-order valence-electron chi connectivity index (χ0n) is 10.6. The third-order valence-corrected chi connectivity index (χ3v) is 4.30. The Bertz CT molecular complexity index is 526. The van der Waals surface area contributed by atoms with Crippen molar-refractivity contribution in [3.8, 4) is 0 Å². The zero-order chi connectivity index (χ0) is 13.4. The molecule has 0 aromatic heterocycles. The van der Waals surface area contributed by atoms with Gasteiger partial charge in [-0.1, -0.05) is 24.3 Å². The Balaban J connectivity index is 1.58. The third kappa shape index (κ3) is 2.23. The lowest BCUT2D eigenvalue weighted by Crippen LogP contribution is -2.40. The van der Waals surface area contributed by atoms with Crippen molar-refractivity contribution < 1.29 is 14.7 Å². The second-order valence-electron chi connectivity index (χ2n) is 5.51. The average Bonchev–Trinajstić information content (AvgIpc) is 2.79. The summed E-state index contributed by atoms with van der Waals surface area (Å²) in [5.74, 6) is -1.03. The summed E-state index contributed by atoms with van der Waals surface area (Å²) in [6, 6.07) is 8.02. The number of rotatable bonds is 3. The van der Waals surface area contributed by atoms with Crippen molar-refractivity contribution in [2.45, 2.75) is 37.6 Å². The number of carboxylic acid groups (broad SMARTS) is 1. The number of fused-ring (bicyclic) bond motifs is 1. The largest absolute Gasteiger partial charge is 0.481 e. The number of nitrogens with one attached hydrogen (secondary N) is 1. The molecule has 1 saturated carbocycles. The van der Waals surface area contributed by atoms with Crippen molar-refractivity contribution in [1.82, 2.24) is 5.32 Å². The number of carboxylic acids is 1. The summed E-state index contributed by atoms with van der Waals surface area (Å²) in [4.78, 5) is 23.0. The van der Waals surface area contributed by atoms with Crippen LogP contribution in [0, 0.1) is 5.92 Å². The van der Waals surface area contributed by atoms with Gasteiger partial charge in [0.15, 0.2) is 0 Å². The molecule has 0 aliphatic heterocycles. The van der Waals surface area contributed by atoms with Crippen LogP contribution in [0.2, 0.25) is 0 Å². The molecule has 2 N–H and O–H groups in total. The first-order chi connectivity index (χ1) is 9.15. The van der Waals surface area contributed by atoms with Gasteiger partial charge in [-0.25, -0.2) is 0 Å². The van der Waals surface area contributed by atoms with Gasteiger partial charge in [0, 0.05) is 6.04 Å². The molecule has 2 aliphatic carbocycles. The molecule has 1 amide bonds. The molecule has 4 nitrogen and oxygen atoms in total. The van der Waals surface area contributed by atoms with Crippen LogP contribution >= 0.6 is 0 Å². The van der Waals surface area contributed by atoms with Crippen LogP contribution in [-0.2, 0) is 16.0 Å². The standard InChI is InChI=1S/C15H17NO3/c17-14(13-8-9-3-1-2-4-12(9)13)16-11-6-5-10(7-11)15(18)19/h1-4,10-11,13H,5-8H2,(H,16,17)(H,18,19)/t10-,11+,13?/m0/s1. The van der Waals surface area contributed by atoms with Gasteiger partial charge in [0.1, 0.15) is 0 Å². The molecule has 1 aromatic carbocycles. The second-order valence-corrected chi connectivity index (χ2v) is 5.51. The lowest BCUT2D eigenvalue weighted by atomic mass is 9.77. The lowest BCUT2D eigenvalue weighted by Gasteiger charge is -2.30. The summed E-state index contributed by atoms with van der Waals surface area (Å²) < 4.78 is 0. The maximum atomic E-state index is 12.2. The van der Waals surface area contributed by atoms with E-state index in [0.717, 1.165) is 18.4 Å². The van der Waals surface area contributed by atoms with E-state index in [9.17, 15) is 9.59 Å². The quantitative estimate of drug-likeness (QED) is 0.868. The van der Waals surface area contributed by atoms with Gasteiger partial charge < -0.3 is 10.4 Å². The number of hydrogen-bond donors (Lipinski definition) is 2. The van der Waals surface area contributed by atoms with Gasteiger partial charge in [-0.3, -0.25) is 9.59 Å². The predicted molar refractivity (Wildman–Crippen MR) is 69.8 cm³/mol. The van der Waals surface area contributed by atoms with Crippen molar-refractivity contribution in [3.05, 3.63) is 35.4 Å². The first-order valence-corrected chi connectivity index (χ1v) is 6.76. The highest BCUT2D eigenvalue weighted by Gasteiger charge is 2.35. The summed E-state index contributed by atoms with van der Waals surface area (Å²) in [6.45, 7) is 0. The fourth-order valence-electron chi connectivity index (χ4n) is 3.13. The van der Waals surface area contributed by atoms with E-state index >= 15 is 0 Å². The van der Waals surface area contributed by atoms with Crippen LogP contribution in [0.25, 0.3) is 0 Å². The molecule has 0 bridgehead atoms. The fraction of sp³-hybridized carbons (Fsp3) is 0.467. The summed E-state index contributed by atoms with van der Waals surface area (Å²) in [5.41, 5.74) is 2.37. The molecule has 1 unspecified atom stereocenters. The van der Waals surface area contributed by atoms with Crippen LogP contribution in [0.5, 0.6) is 0 Å². The molecule has 0 saturated heterocycles. The Hall–Kier alpha value is -1.84. The minimum Gasteiger partial charge on any atom is -0.481 e. The van der Waals surface area contributed by atoms with Crippen LogP contribution in [0.1, 0.15) is 36.3 Å². The Kier molecular flexibility index (Phi) is 3.01. The Morgan fingerprint density at radius 1 is 1.21 bits per heavy atom. The Morgan fingerprint density at radius 2 is 2.00 bits per heavy atom. The minimum absolute atomic E-state index is 0.0290. The smallest absolute Gasteiger partial charge is 0.306 e. The number of hydrogen-bond acceptors (Lipinski definition) is 2. The molecule has 0 radical (unpaired) electrons. The lowest BCUT2D eigenvalue weighted by molar-refractivity contribution is -0.141. The number of aliphatic carboxylic acids is 1. The molecule has 0 spiro atoms. The first-order valence-electron chi connectivity index (χ1n) is 6.76. The Morgan fingerprint density at radius 3 is 2.68 bits per heavy atom. The minimum atomic E-state index is -0.745. The highest BCUT2D eigenvalue weighted by Crippen LogP contribution is 2.35. The van der Waals surface area contributed by atoms with Crippen molar-refractivity contribution in [2.24, 2.45) is 5.92 Å². The monoisotopic (exact) mass is 259 g/mol. The van der Waals surface area contributed by atoms with Crippen LogP contribution in [0.15, 0.2) is 24.3 Å². The Labute approximate surface area is 111 Å². The van der Waals surface area contributed by atoms with Crippen LogP contribution < -0.4 is 5.32 Å². The maximum Gasteiger partial charge on any atom is 0.306 e. The van der Waals surface area contributed by atoms with Crippen molar-refractivity contribution >= 4 is 11.9 Å². The number of benzene rings is 1. The summed E-state index contributed by atoms with van der Waals surface area (Å²) in [6.07, 6.45) is 2.81. The van der Waals surface area contributed by atoms with Gasteiger partial charge in [-0.05, 0) is 36.8 Å². The number of carbonyl (C=O) groups is 2. The highest BCUT2D eigenvalue weighted by atomic mass is 16.4. The van der Waals surface area contributed by atoms with E-state index in [1.807, 2.05) is 18.2 Å². The van der Waals surface area contributed by atoms with Gasteiger partial charge in [-0.2, -0.15) is 0 Å². The van der Waals surface area contributed by atoms with Crippen LogP contribution in [-0.4, -0.2) is 23.0 Å². The second kappa shape index (κ2) is 4.68. The van der Waals surface area contributed by atoms with Gasteiger partial charge in [0.05, 0.1) is 11.8 Å². The zero-order valence-corrected chi connectivity index (χ0v) is 10.6. The van der Waals surface area contributed by atoms with Gasteiger partial charge >= 0.3 is 5.97 Å². The van der Waals surface area contributed by atoms with E-state index in [1.165, 1.54) is 5.56 Å². The molecular formula is C15H17NO3. The topological polar surface area (TPSA) is 66.4 Å². The predicted octanol–water partition coefficient (Wildman–Crippen LogP) is 1.70. The molecular weight excluding hydrogens is 242 g/mol. The van der Waals surface area contributed by atoms with Crippen LogP contribution in [0.4, 0.5) is 0 Å². The molecule has 19 heavy (non-hydrogen) atoms.